The molecule has 0 aromatic carbocycles. The van der Waals surface area contributed by atoms with Crippen molar-refractivity contribution in [3.8, 4) is 0 Å². The largest absolute Gasteiger partial charge is 0.416 e. The van der Waals surface area contributed by atoms with E-state index in [2.05, 4.69) is 15.3 Å². The summed E-state index contributed by atoms with van der Waals surface area (Å²) in [6.45, 7) is -1.18. The molecule has 3 aliphatic rings. The zero-order valence-corrected chi connectivity index (χ0v) is 12.9. The highest BCUT2D eigenvalue weighted by molar-refractivity contribution is 5.91. The van der Waals surface area contributed by atoms with Gasteiger partial charge in [0.25, 0.3) is 0 Å². The number of aliphatic imine (C=N–C) groups is 1. The Morgan fingerprint density at radius 1 is 1.32 bits per heavy atom. The van der Waals surface area contributed by atoms with Gasteiger partial charge < -0.3 is 5.32 Å². The van der Waals surface area contributed by atoms with Gasteiger partial charge in [-0.3, -0.25) is 4.90 Å². The van der Waals surface area contributed by atoms with Crippen LogP contribution in [0.5, 0.6) is 0 Å². The SMILES string of the molecule is [2H]C1N=C(NC2CC2)N2C=CC(C(F)(F)F)=CC2=C1c1ccnc(F)c1. The van der Waals surface area contributed by atoms with Gasteiger partial charge in [0.1, 0.15) is 0 Å². The molecule has 3 heterocycles. The average molecular weight is 351 g/mol. The Labute approximate surface area is 142 Å². The molecule has 0 bridgehead atoms. The van der Waals surface area contributed by atoms with Crippen LogP contribution in [0.4, 0.5) is 17.6 Å². The molecule has 1 aliphatic carbocycles. The maximum absolute atomic E-state index is 13.5. The third-order valence-corrected chi connectivity index (χ3v) is 4.05. The predicted octanol–water partition coefficient (Wildman–Crippen LogP) is 3.37. The topological polar surface area (TPSA) is 40.5 Å². The number of pyridine rings is 1. The summed E-state index contributed by atoms with van der Waals surface area (Å²) >= 11 is 0. The van der Waals surface area contributed by atoms with Gasteiger partial charge in [-0.1, -0.05) is 0 Å². The normalized spacial score (nSPS) is 23.8. The lowest BCUT2D eigenvalue weighted by atomic mass is 9.99. The minimum absolute atomic E-state index is 0.156. The van der Waals surface area contributed by atoms with Crippen LogP contribution in [-0.4, -0.2) is 34.6 Å². The number of hydrogen-bond donors (Lipinski definition) is 1. The molecular weight excluding hydrogens is 336 g/mol. The van der Waals surface area contributed by atoms with E-state index < -0.39 is 24.2 Å². The molecule has 1 atom stereocenters. The first-order chi connectivity index (χ1) is 12.3. The number of aromatic nitrogens is 1. The molecule has 1 unspecified atom stereocenters. The van der Waals surface area contributed by atoms with E-state index in [1.165, 1.54) is 23.4 Å². The van der Waals surface area contributed by atoms with Crippen LogP contribution in [0.25, 0.3) is 5.57 Å². The molecule has 1 N–H and O–H groups in total. The number of nitrogens with one attached hydrogen (secondary N) is 1. The number of halogens is 4. The van der Waals surface area contributed by atoms with E-state index >= 15 is 0 Å². The number of allylic oxidation sites excluding steroid dienone is 3. The summed E-state index contributed by atoms with van der Waals surface area (Å²) in [5.41, 5.74) is -0.210. The molecule has 0 spiro atoms. The van der Waals surface area contributed by atoms with Gasteiger partial charge in [0.2, 0.25) is 11.9 Å². The Morgan fingerprint density at radius 3 is 2.80 bits per heavy atom. The zero-order chi connectivity index (χ0) is 18.5. The van der Waals surface area contributed by atoms with Gasteiger partial charge >= 0.3 is 6.18 Å². The van der Waals surface area contributed by atoms with Gasteiger partial charge in [-0.05, 0) is 36.6 Å². The van der Waals surface area contributed by atoms with Crippen molar-refractivity contribution in [1.29, 1.82) is 0 Å². The quantitative estimate of drug-likeness (QED) is 0.656. The van der Waals surface area contributed by atoms with E-state index in [-0.39, 0.29) is 22.9 Å². The summed E-state index contributed by atoms with van der Waals surface area (Å²) in [7, 11) is 0. The summed E-state index contributed by atoms with van der Waals surface area (Å²) < 4.78 is 61.4. The van der Waals surface area contributed by atoms with Crippen LogP contribution >= 0.6 is 0 Å². The maximum Gasteiger partial charge on any atom is 0.416 e. The first-order valence-electron chi connectivity index (χ1n) is 8.29. The molecule has 25 heavy (non-hydrogen) atoms. The summed E-state index contributed by atoms with van der Waals surface area (Å²) in [5.74, 6) is -0.443. The maximum atomic E-state index is 13.5. The van der Waals surface area contributed by atoms with E-state index in [4.69, 9.17) is 1.37 Å². The molecule has 4 nitrogen and oxygen atoms in total. The zero-order valence-electron chi connectivity index (χ0n) is 13.9. The fourth-order valence-electron chi connectivity index (χ4n) is 2.63. The number of hydrogen-bond acceptors (Lipinski definition) is 4. The van der Waals surface area contributed by atoms with Crippen molar-refractivity contribution in [2.45, 2.75) is 25.1 Å². The number of fused-ring (bicyclic) bond motifs is 1. The van der Waals surface area contributed by atoms with Crippen LogP contribution in [0, 0.1) is 5.95 Å². The molecule has 8 heteroatoms. The predicted molar refractivity (Wildman–Crippen MR) is 84.7 cm³/mol. The molecule has 1 fully saturated rings. The van der Waals surface area contributed by atoms with Crippen molar-refractivity contribution in [3.05, 3.63) is 59.5 Å². The van der Waals surface area contributed by atoms with Gasteiger partial charge in [-0.2, -0.15) is 17.6 Å². The summed E-state index contributed by atoms with van der Waals surface area (Å²) in [4.78, 5) is 9.19. The first-order valence-corrected chi connectivity index (χ1v) is 7.72. The van der Waals surface area contributed by atoms with E-state index in [0.717, 1.165) is 31.1 Å². The average Bonchev–Trinajstić information content (AvgIpc) is 3.37. The van der Waals surface area contributed by atoms with E-state index in [1.54, 1.807) is 0 Å². The molecule has 1 aromatic heterocycles. The van der Waals surface area contributed by atoms with Crippen LogP contribution in [0.2, 0.25) is 0 Å². The van der Waals surface area contributed by atoms with Gasteiger partial charge in [-0.25, -0.2) is 9.98 Å². The lowest BCUT2D eigenvalue weighted by molar-refractivity contribution is -0.0885. The fourth-order valence-corrected chi connectivity index (χ4v) is 2.63. The molecule has 0 radical (unpaired) electrons. The lowest BCUT2D eigenvalue weighted by Gasteiger charge is -2.33. The Kier molecular flexibility index (Phi) is 3.36. The third-order valence-electron chi connectivity index (χ3n) is 4.05. The van der Waals surface area contributed by atoms with Crippen LogP contribution in [-0.2, 0) is 0 Å². The van der Waals surface area contributed by atoms with Gasteiger partial charge in [-0.15, -0.1) is 0 Å². The third kappa shape index (κ3) is 3.16. The Hall–Kier alpha value is -2.64. The smallest absolute Gasteiger partial charge is 0.353 e. The minimum Gasteiger partial charge on any atom is -0.353 e. The van der Waals surface area contributed by atoms with Crippen LogP contribution in [0.1, 0.15) is 19.8 Å². The summed E-state index contributed by atoms with van der Waals surface area (Å²) in [6, 6.07) is 2.76. The Balaban J connectivity index is 1.84. The molecule has 0 amide bonds. The highest BCUT2D eigenvalue weighted by atomic mass is 19.4. The molecular formula is C17H14F4N4. The Bertz CT molecular complexity index is 868. The number of rotatable bonds is 2. The van der Waals surface area contributed by atoms with Crippen molar-refractivity contribution in [1.82, 2.24) is 15.2 Å². The van der Waals surface area contributed by atoms with Gasteiger partial charge in [0.05, 0.1) is 19.2 Å². The summed E-state index contributed by atoms with van der Waals surface area (Å²) in [6.07, 6.45) is 1.79. The van der Waals surface area contributed by atoms with Crippen LogP contribution in [0.3, 0.4) is 0 Å². The minimum atomic E-state index is -4.53. The number of guanidine groups is 1. The highest BCUT2D eigenvalue weighted by Crippen LogP contribution is 2.36. The molecule has 4 rings (SSSR count). The number of nitrogens with zero attached hydrogens (tertiary/aromatic N) is 3. The second-order valence-electron chi connectivity index (χ2n) is 5.95. The fraction of sp³-hybridized carbons (Fsp3) is 0.294. The molecule has 130 valence electrons. The van der Waals surface area contributed by atoms with Crippen LogP contribution < -0.4 is 5.32 Å². The van der Waals surface area contributed by atoms with Crippen LogP contribution in [0.15, 0.2) is 52.9 Å². The molecule has 2 aliphatic heterocycles. The van der Waals surface area contributed by atoms with E-state index in [9.17, 15) is 17.6 Å². The van der Waals surface area contributed by atoms with Gasteiger partial charge in [0.15, 0.2) is 0 Å². The first kappa shape index (κ1) is 14.7. The van der Waals surface area contributed by atoms with E-state index in [1.807, 2.05) is 0 Å². The molecule has 1 aromatic rings. The monoisotopic (exact) mass is 351 g/mol. The second-order valence-corrected chi connectivity index (χ2v) is 5.95. The van der Waals surface area contributed by atoms with Crippen molar-refractivity contribution < 1.29 is 18.9 Å². The van der Waals surface area contributed by atoms with Gasteiger partial charge in [0, 0.05) is 30.1 Å². The Morgan fingerprint density at radius 2 is 2.12 bits per heavy atom. The van der Waals surface area contributed by atoms with Crippen molar-refractivity contribution in [2.75, 3.05) is 6.52 Å². The second kappa shape index (κ2) is 5.72. The summed E-state index contributed by atoms with van der Waals surface area (Å²) in [5, 5.41) is 3.13. The van der Waals surface area contributed by atoms with Crippen molar-refractivity contribution in [2.24, 2.45) is 4.99 Å². The standard InChI is InChI=1S/C17H14F4N4/c18-15-7-10(3-5-22-15)13-9-23-16(24-12-1-2-12)25-6-4-11(8-14(13)25)17(19,20)21/h3-8,12H,1-2,9H2,(H,23,24)/i9D. The van der Waals surface area contributed by atoms with Crippen molar-refractivity contribution in [3.63, 3.8) is 0 Å². The lowest BCUT2D eigenvalue weighted by Crippen LogP contribution is -2.42. The van der Waals surface area contributed by atoms with E-state index in [0.29, 0.717) is 5.96 Å². The van der Waals surface area contributed by atoms with Crippen molar-refractivity contribution >= 4 is 11.5 Å². The molecule has 0 saturated heterocycles. The highest BCUT2D eigenvalue weighted by Gasteiger charge is 2.36. The number of alkyl halides is 3. The molecule has 1 saturated carbocycles.